The first-order valence-electron chi connectivity index (χ1n) is 6.06. The van der Waals surface area contributed by atoms with Gasteiger partial charge in [-0.25, -0.2) is 14.3 Å². The fraction of sp³-hybridized carbons (Fsp3) is 0.0714. The molecule has 106 valence electrons. The van der Waals surface area contributed by atoms with Crippen molar-refractivity contribution in [2.45, 2.75) is 6.92 Å². The Bertz CT molecular complexity index is 845. The van der Waals surface area contributed by atoms with Crippen molar-refractivity contribution in [2.24, 2.45) is 0 Å². The van der Waals surface area contributed by atoms with Gasteiger partial charge in [0.05, 0.1) is 5.69 Å². The normalized spacial score (nSPS) is 10.8. The molecule has 0 atom stereocenters. The molecule has 0 fully saturated rings. The number of nitrogens with zero attached hydrogens (tertiary/aromatic N) is 3. The topological polar surface area (TPSA) is 76.7 Å². The van der Waals surface area contributed by atoms with Crippen LogP contribution in [0.1, 0.15) is 16.1 Å². The summed E-state index contributed by atoms with van der Waals surface area (Å²) in [6, 6.07) is 6.79. The number of benzene rings is 1. The molecule has 0 aliphatic rings. The van der Waals surface area contributed by atoms with Crippen LogP contribution in [0.3, 0.4) is 0 Å². The van der Waals surface area contributed by atoms with E-state index in [1.807, 2.05) is 13.0 Å². The average Bonchev–Trinajstić information content (AvgIpc) is 2.82. The third-order valence-corrected chi connectivity index (χ3v) is 3.53. The molecule has 0 spiro atoms. The number of aromatic nitrogens is 3. The van der Waals surface area contributed by atoms with Crippen LogP contribution in [-0.4, -0.2) is 25.7 Å². The Morgan fingerprint density at radius 2 is 2.19 bits per heavy atom. The molecule has 0 bridgehead atoms. The number of aromatic carboxylic acids is 1. The number of carboxylic acid groups (broad SMARTS) is 1. The van der Waals surface area contributed by atoms with Crippen molar-refractivity contribution in [1.82, 2.24) is 14.6 Å². The molecule has 1 aromatic carbocycles. The number of rotatable bonds is 3. The first-order chi connectivity index (χ1) is 10.0. The van der Waals surface area contributed by atoms with E-state index in [1.165, 1.54) is 0 Å². The van der Waals surface area contributed by atoms with Crippen molar-refractivity contribution in [3.8, 4) is 11.6 Å². The van der Waals surface area contributed by atoms with Crippen molar-refractivity contribution in [1.29, 1.82) is 0 Å². The molecule has 3 rings (SSSR count). The molecule has 2 aromatic heterocycles. The Morgan fingerprint density at radius 3 is 2.95 bits per heavy atom. The number of halogens is 1. The first-order valence-corrected chi connectivity index (χ1v) is 7.14. The molecular formula is C14H10IN3O3. The van der Waals surface area contributed by atoms with Crippen LogP contribution in [0.4, 0.5) is 0 Å². The van der Waals surface area contributed by atoms with E-state index in [2.05, 4.69) is 32.7 Å². The minimum absolute atomic E-state index is 0.0990. The minimum Gasteiger partial charge on any atom is -0.478 e. The van der Waals surface area contributed by atoms with Gasteiger partial charge in [-0.15, -0.1) is 0 Å². The van der Waals surface area contributed by atoms with Gasteiger partial charge in [-0.05, 0) is 53.8 Å². The van der Waals surface area contributed by atoms with Gasteiger partial charge in [0.25, 0.3) is 0 Å². The zero-order chi connectivity index (χ0) is 15.0. The van der Waals surface area contributed by atoms with E-state index in [4.69, 9.17) is 4.74 Å². The van der Waals surface area contributed by atoms with Crippen molar-refractivity contribution < 1.29 is 14.6 Å². The van der Waals surface area contributed by atoms with Crippen molar-refractivity contribution in [3.63, 3.8) is 0 Å². The van der Waals surface area contributed by atoms with E-state index in [0.29, 0.717) is 11.4 Å². The predicted molar refractivity (Wildman–Crippen MR) is 83.9 cm³/mol. The number of carboxylic acids is 1. The summed E-state index contributed by atoms with van der Waals surface area (Å²) < 4.78 is 8.16. The molecule has 7 heteroatoms. The second-order valence-corrected chi connectivity index (χ2v) is 5.64. The maximum atomic E-state index is 11.3. The SMILES string of the molecule is Cc1cc2c(Oc3ccc(I)cc3C(=O)O)nccn2n1. The van der Waals surface area contributed by atoms with E-state index in [0.717, 1.165) is 9.26 Å². The molecule has 1 N–H and O–H groups in total. The van der Waals surface area contributed by atoms with Gasteiger partial charge >= 0.3 is 5.97 Å². The molecule has 21 heavy (non-hydrogen) atoms. The van der Waals surface area contributed by atoms with Crippen LogP contribution in [-0.2, 0) is 0 Å². The van der Waals surface area contributed by atoms with Gasteiger partial charge in [-0.3, -0.25) is 0 Å². The van der Waals surface area contributed by atoms with E-state index in [-0.39, 0.29) is 11.3 Å². The largest absolute Gasteiger partial charge is 0.478 e. The maximum absolute atomic E-state index is 11.3. The predicted octanol–water partition coefficient (Wildman–Crippen LogP) is 3.13. The zero-order valence-electron chi connectivity index (χ0n) is 10.9. The summed E-state index contributed by atoms with van der Waals surface area (Å²) in [6.45, 7) is 1.87. The molecule has 6 nitrogen and oxygen atoms in total. The van der Waals surface area contributed by atoms with Gasteiger partial charge in [0, 0.05) is 16.0 Å². The number of aryl methyl sites for hydroxylation is 1. The van der Waals surface area contributed by atoms with Gasteiger partial charge in [-0.2, -0.15) is 5.10 Å². The molecule has 3 aromatic rings. The molecule has 0 aliphatic carbocycles. The second kappa shape index (κ2) is 5.32. The van der Waals surface area contributed by atoms with Gasteiger partial charge in [0.15, 0.2) is 0 Å². The fourth-order valence-electron chi connectivity index (χ4n) is 1.96. The van der Waals surface area contributed by atoms with Crippen LogP contribution < -0.4 is 4.74 Å². The Hall–Kier alpha value is -2.16. The summed E-state index contributed by atoms with van der Waals surface area (Å²) >= 11 is 2.06. The Labute approximate surface area is 133 Å². The lowest BCUT2D eigenvalue weighted by molar-refractivity contribution is 0.0694. The molecule has 0 radical (unpaired) electrons. The summed E-state index contributed by atoms with van der Waals surface area (Å²) in [4.78, 5) is 15.5. The highest BCUT2D eigenvalue weighted by Crippen LogP contribution is 2.28. The highest BCUT2D eigenvalue weighted by atomic mass is 127. The van der Waals surface area contributed by atoms with E-state index >= 15 is 0 Å². The van der Waals surface area contributed by atoms with Gasteiger partial charge in [-0.1, -0.05) is 0 Å². The third-order valence-electron chi connectivity index (χ3n) is 2.86. The number of ether oxygens (including phenoxy) is 1. The summed E-state index contributed by atoms with van der Waals surface area (Å²) in [7, 11) is 0. The summed E-state index contributed by atoms with van der Waals surface area (Å²) in [5, 5.41) is 13.5. The lowest BCUT2D eigenvalue weighted by atomic mass is 10.2. The van der Waals surface area contributed by atoms with Crippen molar-refractivity contribution >= 4 is 34.1 Å². The quantitative estimate of drug-likeness (QED) is 0.690. The third kappa shape index (κ3) is 2.68. The minimum atomic E-state index is -1.04. The lowest BCUT2D eigenvalue weighted by Gasteiger charge is -2.09. The zero-order valence-corrected chi connectivity index (χ0v) is 13.1. The second-order valence-electron chi connectivity index (χ2n) is 4.40. The molecule has 0 aliphatic heterocycles. The van der Waals surface area contributed by atoms with Crippen LogP contribution in [0.25, 0.3) is 5.52 Å². The highest BCUT2D eigenvalue weighted by molar-refractivity contribution is 14.1. The van der Waals surface area contributed by atoms with E-state index in [9.17, 15) is 9.90 Å². The van der Waals surface area contributed by atoms with Crippen LogP contribution in [0.5, 0.6) is 11.6 Å². The summed E-state index contributed by atoms with van der Waals surface area (Å²) in [5.74, 6) is -0.468. The van der Waals surface area contributed by atoms with Crippen LogP contribution >= 0.6 is 22.6 Å². The van der Waals surface area contributed by atoms with Crippen LogP contribution in [0, 0.1) is 10.5 Å². The monoisotopic (exact) mass is 395 g/mol. The summed E-state index contributed by atoms with van der Waals surface area (Å²) in [6.07, 6.45) is 3.27. The molecule has 0 amide bonds. The Morgan fingerprint density at radius 1 is 1.38 bits per heavy atom. The standard InChI is InChI=1S/C14H10IN3O3/c1-8-6-11-13(16-4-5-18(11)17-8)21-12-3-2-9(15)7-10(12)14(19)20/h2-7H,1H3,(H,19,20). The number of carbonyl (C=O) groups is 1. The molecular weight excluding hydrogens is 385 g/mol. The smallest absolute Gasteiger partial charge is 0.339 e. The number of fused-ring (bicyclic) bond motifs is 1. The highest BCUT2D eigenvalue weighted by Gasteiger charge is 2.15. The summed E-state index contributed by atoms with van der Waals surface area (Å²) in [5.41, 5.74) is 1.61. The maximum Gasteiger partial charge on any atom is 0.339 e. The Balaban J connectivity index is 2.08. The fourth-order valence-corrected chi connectivity index (χ4v) is 2.45. The lowest BCUT2D eigenvalue weighted by Crippen LogP contribution is -2.02. The van der Waals surface area contributed by atoms with Crippen LogP contribution in [0.2, 0.25) is 0 Å². The number of hydrogen-bond donors (Lipinski definition) is 1. The van der Waals surface area contributed by atoms with E-state index < -0.39 is 5.97 Å². The van der Waals surface area contributed by atoms with Crippen molar-refractivity contribution in [3.05, 3.63) is 51.5 Å². The van der Waals surface area contributed by atoms with Gasteiger partial charge < -0.3 is 9.84 Å². The van der Waals surface area contributed by atoms with E-state index in [1.54, 1.807) is 35.1 Å². The average molecular weight is 395 g/mol. The van der Waals surface area contributed by atoms with Gasteiger partial charge in [0.1, 0.15) is 16.8 Å². The molecule has 0 saturated carbocycles. The number of hydrogen-bond acceptors (Lipinski definition) is 4. The van der Waals surface area contributed by atoms with Crippen molar-refractivity contribution in [2.75, 3.05) is 0 Å². The molecule has 2 heterocycles. The first kappa shape index (κ1) is 13.8. The molecule has 0 saturated heterocycles. The van der Waals surface area contributed by atoms with Crippen LogP contribution in [0.15, 0.2) is 36.7 Å². The Kier molecular flexibility index (Phi) is 3.50. The molecule has 0 unspecified atom stereocenters. The van der Waals surface area contributed by atoms with Gasteiger partial charge in [0.2, 0.25) is 5.88 Å².